The van der Waals surface area contributed by atoms with Crippen LogP contribution in [0.25, 0.3) is 0 Å². The molecule has 0 unspecified atom stereocenters. The summed E-state index contributed by atoms with van der Waals surface area (Å²) < 4.78 is 0. The van der Waals surface area contributed by atoms with Crippen molar-refractivity contribution in [3.05, 3.63) is 64.7 Å². The number of aryl methyl sites for hydroxylation is 3. The van der Waals surface area contributed by atoms with Crippen LogP contribution in [0.4, 0.5) is 5.69 Å². The van der Waals surface area contributed by atoms with Crippen LogP contribution < -0.4 is 5.01 Å². The Labute approximate surface area is 124 Å². The predicted molar refractivity (Wildman–Crippen MR) is 85.7 cm³/mol. The van der Waals surface area contributed by atoms with Gasteiger partial charge in [0.15, 0.2) is 0 Å². The SMILES string of the molecule is Cc1cc(C)c(N2N=C(c3ccccc3)CC2=O)c(C)c1. The quantitative estimate of drug-likeness (QED) is 0.823. The van der Waals surface area contributed by atoms with Gasteiger partial charge >= 0.3 is 0 Å². The van der Waals surface area contributed by atoms with Crippen LogP contribution >= 0.6 is 0 Å². The van der Waals surface area contributed by atoms with E-state index in [1.807, 2.05) is 44.2 Å². The third-order valence-corrected chi connectivity index (χ3v) is 3.73. The molecule has 1 amide bonds. The maximum atomic E-state index is 12.4. The fourth-order valence-electron chi connectivity index (χ4n) is 2.90. The van der Waals surface area contributed by atoms with Crippen LogP contribution in [0.1, 0.15) is 28.7 Å². The zero-order valence-corrected chi connectivity index (χ0v) is 12.6. The van der Waals surface area contributed by atoms with E-state index in [0.717, 1.165) is 28.1 Å². The number of carbonyl (C=O) groups excluding carboxylic acids is 1. The van der Waals surface area contributed by atoms with E-state index in [-0.39, 0.29) is 5.91 Å². The van der Waals surface area contributed by atoms with Crippen LogP contribution in [0.2, 0.25) is 0 Å². The van der Waals surface area contributed by atoms with Crippen molar-refractivity contribution in [1.29, 1.82) is 0 Å². The minimum Gasteiger partial charge on any atom is -0.272 e. The second kappa shape index (κ2) is 5.17. The number of nitrogens with zero attached hydrogens (tertiary/aromatic N) is 2. The first-order valence-electron chi connectivity index (χ1n) is 7.10. The van der Waals surface area contributed by atoms with E-state index in [1.165, 1.54) is 5.56 Å². The van der Waals surface area contributed by atoms with Crippen molar-refractivity contribution in [3.8, 4) is 0 Å². The molecule has 0 atom stereocenters. The van der Waals surface area contributed by atoms with Gasteiger partial charge in [0, 0.05) is 0 Å². The topological polar surface area (TPSA) is 32.7 Å². The monoisotopic (exact) mass is 278 g/mol. The first-order valence-corrected chi connectivity index (χ1v) is 7.10. The third-order valence-electron chi connectivity index (χ3n) is 3.73. The van der Waals surface area contributed by atoms with Gasteiger partial charge in [-0.25, -0.2) is 0 Å². The van der Waals surface area contributed by atoms with Gasteiger partial charge in [-0.3, -0.25) is 4.79 Å². The first kappa shape index (κ1) is 13.6. The molecule has 21 heavy (non-hydrogen) atoms. The molecule has 0 saturated heterocycles. The van der Waals surface area contributed by atoms with Crippen molar-refractivity contribution >= 4 is 17.3 Å². The maximum absolute atomic E-state index is 12.4. The molecule has 1 aliphatic rings. The Morgan fingerprint density at radius 2 is 1.62 bits per heavy atom. The molecule has 0 saturated carbocycles. The molecule has 3 rings (SSSR count). The molecule has 0 spiro atoms. The second-order valence-electron chi connectivity index (χ2n) is 5.54. The number of hydrogen-bond donors (Lipinski definition) is 0. The molecular formula is C18H18N2O. The summed E-state index contributed by atoms with van der Waals surface area (Å²) in [5.41, 5.74) is 6.12. The lowest BCUT2D eigenvalue weighted by molar-refractivity contribution is -0.116. The van der Waals surface area contributed by atoms with Crippen molar-refractivity contribution in [2.24, 2.45) is 5.10 Å². The lowest BCUT2D eigenvalue weighted by Crippen LogP contribution is -2.21. The van der Waals surface area contributed by atoms with Crippen LogP contribution in [0.5, 0.6) is 0 Å². The van der Waals surface area contributed by atoms with Crippen LogP contribution in [0.15, 0.2) is 47.6 Å². The summed E-state index contributed by atoms with van der Waals surface area (Å²) >= 11 is 0. The molecule has 3 heteroatoms. The largest absolute Gasteiger partial charge is 0.272 e. The standard InChI is InChI=1S/C18H18N2O/c1-12-9-13(2)18(14(3)10-12)20-17(21)11-16(19-20)15-7-5-4-6-8-15/h4-10H,11H2,1-3H3. The molecule has 2 aromatic carbocycles. The van der Waals surface area contributed by atoms with Crippen LogP contribution in [-0.2, 0) is 4.79 Å². The highest BCUT2D eigenvalue weighted by atomic mass is 16.2. The number of amides is 1. The summed E-state index contributed by atoms with van der Waals surface area (Å²) in [4.78, 5) is 12.4. The molecule has 0 N–H and O–H groups in total. The third kappa shape index (κ3) is 2.47. The van der Waals surface area contributed by atoms with Gasteiger partial charge in [-0.2, -0.15) is 10.1 Å². The minimum absolute atomic E-state index is 0.0314. The van der Waals surface area contributed by atoms with Crippen molar-refractivity contribution < 1.29 is 4.79 Å². The van der Waals surface area contributed by atoms with Crippen molar-refractivity contribution in [2.45, 2.75) is 27.2 Å². The van der Waals surface area contributed by atoms with E-state index in [2.05, 4.69) is 24.2 Å². The van der Waals surface area contributed by atoms with E-state index in [0.29, 0.717) is 6.42 Å². The normalized spacial score (nSPS) is 14.5. The van der Waals surface area contributed by atoms with Crippen LogP contribution in [0, 0.1) is 20.8 Å². The van der Waals surface area contributed by atoms with Gasteiger partial charge in [0.05, 0.1) is 17.8 Å². The molecule has 1 heterocycles. The summed E-state index contributed by atoms with van der Waals surface area (Å²) in [6.07, 6.45) is 0.358. The molecule has 2 aromatic rings. The number of hydrazone groups is 1. The Morgan fingerprint density at radius 1 is 1.00 bits per heavy atom. The Hall–Kier alpha value is -2.42. The average Bonchev–Trinajstić information content (AvgIpc) is 2.81. The van der Waals surface area contributed by atoms with E-state index < -0.39 is 0 Å². The highest BCUT2D eigenvalue weighted by molar-refractivity contribution is 6.19. The number of carbonyl (C=O) groups is 1. The summed E-state index contributed by atoms with van der Waals surface area (Å²) in [6.45, 7) is 6.12. The number of anilines is 1. The van der Waals surface area contributed by atoms with E-state index >= 15 is 0 Å². The number of benzene rings is 2. The highest BCUT2D eigenvalue weighted by Crippen LogP contribution is 2.30. The van der Waals surface area contributed by atoms with Gasteiger partial charge in [-0.15, -0.1) is 0 Å². The first-order chi connectivity index (χ1) is 10.1. The summed E-state index contributed by atoms with van der Waals surface area (Å²) in [6, 6.07) is 14.1. The maximum Gasteiger partial charge on any atom is 0.253 e. The molecule has 0 aromatic heterocycles. The minimum atomic E-state index is 0.0314. The van der Waals surface area contributed by atoms with Crippen molar-refractivity contribution in [1.82, 2.24) is 0 Å². The smallest absolute Gasteiger partial charge is 0.253 e. The Morgan fingerprint density at radius 3 is 2.24 bits per heavy atom. The van der Waals surface area contributed by atoms with Gasteiger partial charge in [0.2, 0.25) is 0 Å². The van der Waals surface area contributed by atoms with E-state index in [4.69, 9.17) is 0 Å². The van der Waals surface area contributed by atoms with Gasteiger partial charge < -0.3 is 0 Å². The highest BCUT2D eigenvalue weighted by Gasteiger charge is 2.28. The fraction of sp³-hybridized carbons (Fsp3) is 0.222. The number of hydrogen-bond acceptors (Lipinski definition) is 2. The lowest BCUT2D eigenvalue weighted by Gasteiger charge is -2.18. The average molecular weight is 278 g/mol. The zero-order chi connectivity index (χ0) is 15.0. The molecular weight excluding hydrogens is 260 g/mol. The van der Waals surface area contributed by atoms with Gasteiger partial charge in [-0.1, -0.05) is 48.0 Å². The number of rotatable bonds is 2. The second-order valence-corrected chi connectivity index (χ2v) is 5.54. The molecule has 3 nitrogen and oxygen atoms in total. The Bertz CT molecular complexity index is 709. The molecule has 0 fully saturated rings. The van der Waals surface area contributed by atoms with Gasteiger partial charge in [-0.05, 0) is 37.5 Å². The predicted octanol–water partition coefficient (Wildman–Crippen LogP) is 3.75. The van der Waals surface area contributed by atoms with E-state index in [9.17, 15) is 4.79 Å². The molecule has 0 bridgehead atoms. The Kier molecular flexibility index (Phi) is 3.34. The van der Waals surface area contributed by atoms with Crippen LogP contribution in [-0.4, -0.2) is 11.6 Å². The van der Waals surface area contributed by atoms with Gasteiger partial charge in [0.1, 0.15) is 0 Å². The van der Waals surface area contributed by atoms with Crippen molar-refractivity contribution in [3.63, 3.8) is 0 Å². The fourth-order valence-corrected chi connectivity index (χ4v) is 2.90. The van der Waals surface area contributed by atoms with Gasteiger partial charge in [0.25, 0.3) is 5.91 Å². The summed E-state index contributed by atoms with van der Waals surface area (Å²) in [5.74, 6) is 0.0314. The van der Waals surface area contributed by atoms with Crippen LogP contribution in [0.3, 0.4) is 0 Å². The molecule has 1 aliphatic heterocycles. The summed E-state index contributed by atoms with van der Waals surface area (Å²) in [7, 11) is 0. The molecule has 0 radical (unpaired) electrons. The molecule has 106 valence electrons. The summed E-state index contributed by atoms with van der Waals surface area (Å²) in [5, 5.41) is 6.12. The van der Waals surface area contributed by atoms with E-state index in [1.54, 1.807) is 5.01 Å². The Balaban J connectivity index is 2.04. The lowest BCUT2D eigenvalue weighted by atomic mass is 10.0. The molecule has 0 aliphatic carbocycles. The zero-order valence-electron chi connectivity index (χ0n) is 12.6. The van der Waals surface area contributed by atoms with Crippen molar-refractivity contribution in [2.75, 3.05) is 5.01 Å².